The summed E-state index contributed by atoms with van der Waals surface area (Å²) in [6.45, 7) is 2.42. The molecule has 7 heteroatoms. The average molecular weight is 289 g/mol. The number of nitrogens with zero attached hydrogens (tertiary/aromatic N) is 1. The minimum Gasteiger partial charge on any atom is -0.347 e. The molecule has 6 nitrogen and oxygen atoms in total. The molecule has 3 fully saturated rings. The van der Waals surface area contributed by atoms with E-state index < -0.39 is 15.6 Å². The van der Waals surface area contributed by atoms with Gasteiger partial charge in [-0.25, -0.2) is 8.42 Å². The lowest BCUT2D eigenvalue weighted by molar-refractivity contribution is -0.188. The van der Waals surface area contributed by atoms with E-state index in [-0.39, 0.29) is 23.3 Å². The van der Waals surface area contributed by atoms with Gasteiger partial charge in [-0.2, -0.15) is 0 Å². The molecule has 1 amide bonds. The van der Waals surface area contributed by atoms with Crippen LogP contribution in [0.5, 0.6) is 0 Å². The maximum atomic E-state index is 12.3. The highest BCUT2D eigenvalue weighted by atomic mass is 32.2. The number of hydrogen-bond donors (Lipinski definition) is 0. The molecule has 0 aromatic heterocycles. The van der Waals surface area contributed by atoms with Gasteiger partial charge in [0.15, 0.2) is 15.6 Å². The first kappa shape index (κ1) is 13.3. The van der Waals surface area contributed by atoms with Crippen molar-refractivity contribution in [3.05, 3.63) is 0 Å². The number of carbonyl (C=O) groups excluding carboxylic acids is 1. The SMILES string of the molecule is O=C(C1CCS(=O)(=O)C1)N1CCC2(CC1)OCCO2. The number of sulfone groups is 1. The lowest BCUT2D eigenvalue weighted by Crippen LogP contribution is -2.49. The Kier molecular flexibility index (Phi) is 3.31. The summed E-state index contributed by atoms with van der Waals surface area (Å²) in [6, 6.07) is 0. The van der Waals surface area contributed by atoms with Gasteiger partial charge in [-0.3, -0.25) is 4.79 Å². The minimum absolute atomic E-state index is 0.0144. The topological polar surface area (TPSA) is 72.9 Å². The Bertz CT molecular complexity index is 459. The van der Waals surface area contributed by atoms with Crippen molar-refractivity contribution in [3.63, 3.8) is 0 Å². The first-order valence-electron chi connectivity index (χ1n) is 6.77. The van der Waals surface area contributed by atoms with E-state index in [4.69, 9.17) is 9.47 Å². The molecular weight excluding hydrogens is 270 g/mol. The van der Waals surface area contributed by atoms with E-state index in [0.29, 0.717) is 45.6 Å². The van der Waals surface area contributed by atoms with Gasteiger partial charge in [-0.05, 0) is 6.42 Å². The highest BCUT2D eigenvalue weighted by molar-refractivity contribution is 7.91. The molecule has 0 aliphatic carbocycles. The third-order valence-corrected chi connectivity index (χ3v) is 6.00. The minimum atomic E-state index is -3.00. The zero-order valence-corrected chi connectivity index (χ0v) is 11.7. The molecule has 19 heavy (non-hydrogen) atoms. The Balaban J connectivity index is 1.58. The van der Waals surface area contributed by atoms with Crippen molar-refractivity contribution >= 4 is 15.7 Å². The van der Waals surface area contributed by atoms with Gasteiger partial charge in [0.2, 0.25) is 5.91 Å². The average Bonchev–Trinajstić information content (AvgIpc) is 2.97. The van der Waals surface area contributed by atoms with Crippen molar-refractivity contribution < 1.29 is 22.7 Å². The lowest BCUT2D eigenvalue weighted by Gasteiger charge is -2.38. The van der Waals surface area contributed by atoms with E-state index in [9.17, 15) is 13.2 Å². The molecule has 3 heterocycles. The normalized spacial score (nSPS) is 32.8. The fraction of sp³-hybridized carbons (Fsp3) is 0.917. The van der Waals surface area contributed by atoms with E-state index in [1.54, 1.807) is 4.90 Å². The van der Waals surface area contributed by atoms with Crippen molar-refractivity contribution in [1.82, 2.24) is 4.90 Å². The van der Waals surface area contributed by atoms with Crippen LogP contribution in [-0.2, 0) is 24.1 Å². The Morgan fingerprint density at radius 2 is 1.79 bits per heavy atom. The standard InChI is InChI=1S/C12H19NO5S/c14-11(10-1-8-19(15,16)9-10)13-4-2-12(3-5-13)17-6-7-18-12/h10H,1-9H2. The van der Waals surface area contributed by atoms with Crippen molar-refractivity contribution in [1.29, 1.82) is 0 Å². The van der Waals surface area contributed by atoms with E-state index in [0.717, 1.165) is 0 Å². The smallest absolute Gasteiger partial charge is 0.226 e. The van der Waals surface area contributed by atoms with Gasteiger partial charge in [0.1, 0.15) is 0 Å². The van der Waals surface area contributed by atoms with E-state index in [1.165, 1.54) is 0 Å². The molecule has 0 N–H and O–H groups in total. The highest BCUT2D eigenvalue weighted by Gasteiger charge is 2.43. The zero-order chi connectivity index (χ0) is 13.5. The number of likely N-dealkylation sites (tertiary alicyclic amines) is 1. The van der Waals surface area contributed by atoms with E-state index in [1.807, 2.05) is 0 Å². The second-order valence-electron chi connectivity index (χ2n) is 5.53. The van der Waals surface area contributed by atoms with Crippen LogP contribution in [0.25, 0.3) is 0 Å². The van der Waals surface area contributed by atoms with Gasteiger partial charge < -0.3 is 14.4 Å². The van der Waals surface area contributed by atoms with Gasteiger partial charge >= 0.3 is 0 Å². The molecule has 1 unspecified atom stereocenters. The first-order valence-corrected chi connectivity index (χ1v) is 8.59. The van der Waals surface area contributed by atoms with Crippen LogP contribution in [0.3, 0.4) is 0 Å². The Labute approximate surface area is 113 Å². The van der Waals surface area contributed by atoms with Crippen molar-refractivity contribution in [2.45, 2.75) is 25.0 Å². The monoisotopic (exact) mass is 289 g/mol. The summed E-state index contributed by atoms with van der Waals surface area (Å²) in [5.41, 5.74) is 0. The van der Waals surface area contributed by atoms with Crippen LogP contribution in [0.1, 0.15) is 19.3 Å². The van der Waals surface area contributed by atoms with Crippen LogP contribution in [0.4, 0.5) is 0 Å². The lowest BCUT2D eigenvalue weighted by atomic mass is 10.0. The molecule has 0 bridgehead atoms. The molecule has 0 aromatic carbocycles. The molecular formula is C12H19NO5S. The summed E-state index contributed by atoms with van der Waals surface area (Å²) >= 11 is 0. The fourth-order valence-electron chi connectivity index (χ4n) is 3.10. The molecule has 0 saturated carbocycles. The molecule has 108 valence electrons. The Hall–Kier alpha value is -0.660. The largest absolute Gasteiger partial charge is 0.347 e. The van der Waals surface area contributed by atoms with E-state index >= 15 is 0 Å². The van der Waals surface area contributed by atoms with Gasteiger partial charge in [-0.1, -0.05) is 0 Å². The van der Waals surface area contributed by atoms with Crippen LogP contribution in [0.2, 0.25) is 0 Å². The summed E-state index contributed by atoms with van der Waals surface area (Å²) in [4.78, 5) is 14.0. The summed E-state index contributed by atoms with van der Waals surface area (Å²) in [5, 5.41) is 0. The number of rotatable bonds is 1. The van der Waals surface area contributed by atoms with Crippen LogP contribution >= 0.6 is 0 Å². The second-order valence-corrected chi connectivity index (χ2v) is 7.76. The van der Waals surface area contributed by atoms with E-state index in [2.05, 4.69) is 0 Å². The molecule has 0 radical (unpaired) electrons. The molecule has 0 aromatic rings. The molecule has 3 aliphatic heterocycles. The summed E-state index contributed by atoms with van der Waals surface area (Å²) in [6.07, 6.45) is 1.83. The van der Waals surface area contributed by atoms with Crippen LogP contribution < -0.4 is 0 Å². The molecule has 3 saturated heterocycles. The maximum Gasteiger partial charge on any atom is 0.226 e. The first-order chi connectivity index (χ1) is 9.00. The van der Waals surface area contributed by atoms with Crippen molar-refractivity contribution in [3.8, 4) is 0 Å². The number of ether oxygens (including phenoxy) is 2. The van der Waals surface area contributed by atoms with Gasteiger partial charge in [-0.15, -0.1) is 0 Å². The van der Waals surface area contributed by atoms with Crippen molar-refractivity contribution in [2.75, 3.05) is 37.8 Å². The van der Waals surface area contributed by atoms with Gasteiger partial charge in [0, 0.05) is 25.9 Å². The zero-order valence-electron chi connectivity index (χ0n) is 10.8. The highest BCUT2D eigenvalue weighted by Crippen LogP contribution is 2.32. The Morgan fingerprint density at radius 1 is 1.16 bits per heavy atom. The Morgan fingerprint density at radius 3 is 2.32 bits per heavy atom. The van der Waals surface area contributed by atoms with Gasteiger partial charge in [0.25, 0.3) is 0 Å². The maximum absolute atomic E-state index is 12.3. The number of hydrogen-bond acceptors (Lipinski definition) is 5. The quantitative estimate of drug-likeness (QED) is 0.667. The number of carbonyl (C=O) groups is 1. The number of piperidine rings is 1. The van der Waals surface area contributed by atoms with Crippen molar-refractivity contribution in [2.24, 2.45) is 5.92 Å². The molecule has 3 rings (SSSR count). The molecule has 1 spiro atoms. The molecule has 3 aliphatic rings. The molecule has 1 atom stereocenters. The predicted molar refractivity (Wildman–Crippen MR) is 67.2 cm³/mol. The third-order valence-electron chi connectivity index (χ3n) is 4.23. The fourth-order valence-corrected chi connectivity index (χ4v) is 4.83. The number of amides is 1. The second kappa shape index (κ2) is 4.71. The van der Waals surface area contributed by atoms with Crippen LogP contribution in [0.15, 0.2) is 0 Å². The summed E-state index contributed by atoms with van der Waals surface area (Å²) < 4.78 is 34.1. The predicted octanol–water partition coefficient (Wildman–Crippen LogP) is -0.213. The summed E-state index contributed by atoms with van der Waals surface area (Å²) in [5.74, 6) is -0.690. The van der Waals surface area contributed by atoms with Crippen LogP contribution in [0, 0.1) is 5.92 Å². The third kappa shape index (κ3) is 2.64. The van der Waals surface area contributed by atoms with Crippen LogP contribution in [-0.4, -0.2) is 62.8 Å². The summed E-state index contributed by atoms with van der Waals surface area (Å²) in [7, 11) is -3.00. The van der Waals surface area contributed by atoms with Gasteiger partial charge in [0.05, 0.1) is 30.6 Å².